The predicted octanol–water partition coefficient (Wildman–Crippen LogP) is 0.752. The Morgan fingerprint density at radius 2 is 2.44 bits per heavy atom. The van der Waals surface area contributed by atoms with Crippen molar-refractivity contribution in [3.63, 3.8) is 0 Å². The van der Waals surface area contributed by atoms with Crippen molar-refractivity contribution in [3.05, 3.63) is 3.70 Å². The maximum absolute atomic E-state index is 3.71. The second-order valence-corrected chi connectivity index (χ2v) is 2.51. The SMILES string of the molecule is C=Nc1nnn(C)c1I. The highest BCUT2D eigenvalue weighted by Gasteiger charge is 2.02. The van der Waals surface area contributed by atoms with Crippen molar-refractivity contribution in [1.29, 1.82) is 0 Å². The molecule has 0 spiro atoms. The van der Waals surface area contributed by atoms with E-state index in [1.165, 1.54) is 0 Å². The summed E-state index contributed by atoms with van der Waals surface area (Å²) < 4.78 is 2.55. The molecular formula is C4H5IN4. The van der Waals surface area contributed by atoms with Gasteiger partial charge in [-0.1, -0.05) is 5.21 Å². The summed E-state index contributed by atoms with van der Waals surface area (Å²) in [4.78, 5) is 3.64. The van der Waals surface area contributed by atoms with Gasteiger partial charge in [0.2, 0.25) is 5.82 Å². The van der Waals surface area contributed by atoms with Gasteiger partial charge >= 0.3 is 0 Å². The number of rotatable bonds is 1. The first kappa shape index (κ1) is 6.66. The van der Waals surface area contributed by atoms with Gasteiger partial charge in [-0.15, -0.1) is 5.10 Å². The molecule has 48 valence electrons. The normalized spacial score (nSPS) is 9.56. The number of nitrogens with zero attached hydrogens (tertiary/aromatic N) is 4. The summed E-state index contributed by atoms with van der Waals surface area (Å²) in [5.74, 6) is 0.595. The van der Waals surface area contributed by atoms with Crippen LogP contribution in [0.5, 0.6) is 0 Å². The van der Waals surface area contributed by atoms with Gasteiger partial charge in [0.15, 0.2) is 0 Å². The number of halogens is 1. The van der Waals surface area contributed by atoms with Crippen LogP contribution >= 0.6 is 22.6 Å². The van der Waals surface area contributed by atoms with Crippen molar-refractivity contribution in [3.8, 4) is 0 Å². The summed E-state index contributed by atoms with van der Waals surface area (Å²) in [5, 5.41) is 7.42. The Hall–Kier alpha value is -0.460. The number of aryl methyl sites for hydroxylation is 1. The third-order valence-corrected chi connectivity index (χ3v) is 2.07. The van der Waals surface area contributed by atoms with E-state index in [4.69, 9.17) is 0 Å². The van der Waals surface area contributed by atoms with Crippen LogP contribution < -0.4 is 0 Å². The maximum Gasteiger partial charge on any atom is 0.207 e. The van der Waals surface area contributed by atoms with E-state index in [9.17, 15) is 0 Å². The van der Waals surface area contributed by atoms with Crippen LogP contribution in [0.25, 0.3) is 0 Å². The Balaban J connectivity index is 3.18. The number of hydrogen-bond acceptors (Lipinski definition) is 3. The molecular weight excluding hydrogens is 231 g/mol. The molecule has 0 atom stereocenters. The average Bonchev–Trinajstić information content (AvgIpc) is 2.15. The van der Waals surface area contributed by atoms with Gasteiger partial charge < -0.3 is 0 Å². The lowest BCUT2D eigenvalue weighted by Crippen LogP contribution is -1.91. The summed E-state index contributed by atoms with van der Waals surface area (Å²) in [6, 6.07) is 0. The fourth-order valence-electron chi connectivity index (χ4n) is 0.432. The first-order chi connectivity index (χ1) is 4.25. The Kier molecular flexibility index (Phi) is 1.79. The maximum atomic E-state index is 3.71. The summed E-state index contributed by atoms with van der Waals surface area (Å²) in [6.07, 6.45) is 0. The molecule has 0 aliphatic rings. The molecule has 0 fully saturated rings. The highest BCUT2D eigenvalue weighted by Crippen LogP contribution is 2.14. The van der Waals surface area contributed by atoms with E-state index in [0.29, 0.717) is 5.82 Å². The summed E-state index contributed by atoms with van der Waals surface area (Å²) in [6.45, 7) is 3.33. The molecule has 0 unspecified atom stereocenters. The van der Waals surface area contributed by atoms with Crippen molar-refractivity contribution in [2.45, 2.75) is 0 Å². The lowest BCUT2D eigenvalue weighted by molar-refractivity contribution is 0.701. The zero-order valence-corrected chi connectivity index (χ0v) is 7.03. The van der Waals surface area contributed by atoms with E-state index < -0.39 is 0 Å². The lowest BCUT2D eigenvalue weighted by atomic mass is 10.8. The van der Waals surface area contributed by atoms with Crippen molar-refractivity contribution < 1.29 is 0 Å². The second-order valence-electron chi connectivity index (χ2n) is 1.49. The van der Waals surface area contributed by atoms with E-state index in [-0.39, 0.29) is 0 Å². The summed E-state index contributed by atoms with van der Waals surface area (Å²) in [7, 11) is 1.81. The van der Waals surface area contributed by atoms with Crippen molar-refractivity contribution >= 4 is 35.1 Å². The van der Waals surface area contributed by atoms with Gasteiger partial charge in [-0.05, 0) is 29.3 Å². The van der Waals surface area contributed by atoms with Crippen LogP contribution in [0, 0.1) is 3.70 Å². The van der Waals surface area contributed by atoms with Gasteiger partial charge in [-0.2, -0.15) is 0 Å². The van der Waals surface area contributed by atoms with Gasteiger partial charge in [0.25, 0.3) is 0 Å². The molecule has 9 heavy (non-hydrogen) atoms. The first-order valence-electron chi connectivity index (χ1n) is 2.27. The Labute approximate surface area is 66.1 Å². The molecule has 0 N–H and O–H groups in total. The highest BCUT2D eigenvalue weighted by molar-refractivity contribution is 14.1. The van der Waals surface area contributed by atoms with Crippen LogP contribution in [-0.2, 0) is 7.05 Å². The average molecular weight is 236 g/mol. The second kappa shape index (κ2) is 2.42. The van der Waals surface area contributed by atoms with Gasteiger partial charge in [0, 0.05) is 7.05 Å². The topological polar surface area (TPSA) is 43.1 Å². The zero-order chi connectivity index (χ0) is 6.85. The molecule has 0 aromatic carbocycles. The third-order valence-electron chi connectivity index (χ3n) is 0.892. The molecule has 1 rings (SSSR count). The minimum Gasteiger partial charge on any atom is -0.241 e. The fourth-order valence-corrected chi connectivity index (χ4v) is 0.806. The summed E-state index contributed by atoms with van der Waals surface area (Å²) in [5.41, 5.74) is 0. The summed E-state index contributed by atoms with van der Waals surface area (Å²) >= 11 is 2.10. The van der Waals surface area contributed by atoms with E-state index in [0.717, 1.165) is 3.70 Å². The van der Waals surface area contributed by atoms with Gasteiger partial charge in [-0.25, -0.2) is 9.67 Å². The Bertz CT molecular complexity index is 228. The molecule has 5 heteroatoms. The smallest absolute Gasteiger partial charge is 0.207 e. The van der Waals surface area contributed by atoms with E-state index in [1.807, 2.05) is 7.05 Å². The molecule has 0 radical (unpaired) electrons. The largest absolute Gasteiger partial charge is 0.241 e. The molecule has 0 saturated carbocycles. The van der Waals surface area contributed by atoms with Crippen molar-refractivity contribution in [2.24, 2.45) is 12.0 Å². The molecule has 0 aliphatic heterocycles. The van der Waals surface area contributed by atoms with Crippen LogP contribution in [0.3, 0.4) is 0 Å². The van der Waals surface area contributed by atoms with Crippen LogP contribution in [0.15, 0.2) is 4.99 Å². The quantitative estimate of drug-likeness (QED) is 0.533. The molecule has 0 saturated heterocycles. The van der Waals surface area contributed by atoms with Crippen LogP contribution in [-0.4, -0.2) is 21.7 Å². The van der Waals surface area contributed by atoms with Crippen molar-refractivity contribution in [1.82, 2.24) is 15.0 Å². The number of aromatic nitrogens is 3. The molecule has 4 nitrogen and oxygen atoms in total. The molecule has 0 amide bonds. The molecule has 0 bridgehead atoms. The minimum absolute atomic E-state index is 0.595. The van der Waals surface area contributed by atoms with Crippen LogP contribution in [0.2, 0.25) is 0 Å². The Morgan fingerprint density at radius 3 is 2.67 bits per heavy atom. The monoisotopic (exact) mass is 236 g/mol. The first-order valence-corrected chi connectivity index (χ1v) is 3.35. The van der Waals surface area contributed by atoms with E-state index in [2.05, 4.69) is 44.6 Å². The van der Waals surface area contributed by atoms with Crippen molar-refractivity contribution in [2.75, 3.05) is 0 Å². The zero-order valence-electron chi connectivity index (χ0n) is 4.87. The Morgan fingerprint density at radius 1 is 1.78 bits per heavy atom. The van der Waals surface area contributed by atoms with Gasteiger partial charge in [-0.3, -0.25) is 0 Å². The lowest BCUT2D eigenvalue weighted by Gasteiger charge is -1.85. The molecule has 1 aromatic heterocycles. The molecule has 0 aliphatic carbocycles. The fraction of sp³-hybridized carbons (Fsp3) is 0.250. The van der Waals surface area contributed by atoms with E-state index >= 15 is 0 Å². The highest BCUT2D eigenvalue weighted by atomic mass is 127. The predicted molar refractivity (Wildman–Crippen MR) is 42.9 cm³/mol. The molecule has 1 aromatic rings. The number of hydrogen-bond donors (Lipinski definition) is 0. The van der Waals surface area contributed by atoms with Gasteiger partial charge in [0.1, 0.15) is 3.70 Å². The van der Waals surface area contributed by atoms with E-state index in [1.54, 1.807) is 4.68 Å². The number of aliphatic imine (C=N–C) groups is 1. The third kappa shape index (κ3) is 1.09. The van der Waals surface area contributed by atoms with Crippen LogP contribution in [0.1, 0.15) is 0 Å². The standard InChI is InChI=1S/C4H5IN4/c1-6-4-3(5)9(2)8-7-4/h1H2,2H3. The van der Waals surface area contributed by atoms with Gasteiger partial charge in [0.05, 0.1) is 0 Å². The minimum atomic E-state index is 0.595. The van der Waals surface area contributed by atoms with Crippen LogP contribution in [0.4, 0.5) is 5.82 Å². The molecule has 1 heterocycles.